The first-order valence-corrected chi connectivity index (χ1v) is 6.06. The van der Waals surface area contributed by atoms with Crippen LogP contribution in [0.1, 0.15) is 11.3 Å². The van der Waals surface area contributed by atoms with Crippen molar-refractivity contribution >= 4 is 11.7 Å². The van der Waals surface area contributed by atoms with Crippen molar-refractivity contribution < 1.29 is 18.8 Å². The van der Waals surface area contributed by atoms with Crippen LogP contribution >= 0.6 is 0 Å². The maximum Gasteiger partial charge on any atom is 0.230 e. The molecule has 1 N–H and O–H groups in total. The molecular weight excluding hydrogens is 260 g/mol. The van der Waals surface area contributed by atoms with Gasteiger partial charge in [-0.2, -0.15) is 0 Å². The summed E-state index contributed by atoms with van der Waals surface area (Å²) in [6.07, 6.45) is 0.180. The molecule has 0 radical (unpaired) electrons. The summed E-state index contributed by atoms with van der Waals surface area (Å²) in [6.45, 7) is 1.76. The van der Waals surface area contributed by atoms with E-state index in [1.807, 2.05) is 0 Å². The Balaban J connectivity index is 2.07. The van der Waals surface area contributed by atoms with Crippen molar-refractivity contribution in [3.05, 3.63) is 35.6 Å². The van der Waals surface area contributed by atoms with Crippen LogP contribution in [-0.2, 0) is 11.2 Å². The first-order valence-electron chi connectivity index (χ1n) is 6.06. The van der Waals surface area contributed by atoms with Crippen molar-refractivity contribution in [1.82, 2.24) is 5.16 Å². The lowest BCUT2D eigenvalue weighted by molar-refractivity contribution is -0.115. The monoisotopic (exact) mass is 276 g/mol. The minimum absolute atomic E-state index is 0.180. The summed E-state index contributed by atoms with van der Waals surface area (Å²) in [4.78, 5) is 11.9. The van der Waals surface area contributed by atoms with Gasteiger partial charge in [0.2, 0.25) is 5.91 Å². The maximum atomic E-state index is 11.9. The number of anilines is 1. The Hall–Kier alpha value is -2.50. The average molecular weight is 276 g/mol. The molecule has 6 nitrogen and oxygen atoms in total. The van der Waals surface area contributed by atoms with Crippen LogP contribution in [0.5, 0.6) is 11.5 Å². The molecule has 0 saturated carbocycles. The third kappa shape index (κ3) is 3.28. The highest BCUT2D eigenvalue weighted by Gasteiger charge is 2.11. The van der Waals surface area contributed by atoms with Crippen LogP contribution in [0, 0.1) is 6.92 Å². The van der Waals surface area contributed by atoms with Crippen molar-refractivity contribution in [3.8, 4) is 11.5 Å². The van der Waals surface area contributed by atoms with Gasteiger partial charge in [-0.3, -0.25) is 4.79 Å². The molecule has 0 bridgehead atoms. The van der Waals surface area contributed by atoms with E-state index in [1.54, 1.807) is 45.4 Å². The predicted octanol–water partition coefficient (Wildman–Crippen LogP) is 2.18. The van der Waals surface area contributed by atoms with E-state index >= 15 is 0 Å². The normalized spacial score (nSPS) is 10.2. The summed E-state index contributed by atoms with van der Waals surface area (Å²) >= 11 is 0. The summed E-state index contributed by atoms with van der Waals surface area (Å²) in [7, 11) is 3.13. The van der Waals surface area contributed by atoms with Gasteiger partial charge >= 0.3 is 0 Å². The Labute approximate surface area is 116 Å². The molecule has 0 fully saturated rings. The molecule has 1 amide bonds. The second-order valence-electron chi connectivity index (χ2n) is 4.23. The molecule has 1 aromatic carbocycles. The second-order valence-corrected chi connectivity index (χ2v) is 4.23. The number of carbonyl (C=O) groups excluding carboxylic acids is 1. The topological polar surface area (TPSA) is 73.6 Å². The van der Waals surface area contributed by atoms with Gasteiger partial charge in [0.05, 0.1) is 20.6 Å². The summed E-state index contributed by atoms with van der Waals surface area (Å²) in [5, 5.41) is 6.37. The van der Waals surface area contributed by atoms with Gasteiger partial charge in [-0.05, 0) is 13.0 Å². The molecule has 20 heavy (non-hydrogen) atoms. The molecule has 0 aliphatic rings. The number of aromatic nitrogens is 1. The van der Waals surface area contributed by atoms with Gasteiger partial charge in [0.25, 0.3) is 0 Å². The predicted molar refractivity (Wildman–Crippen MR) is 73.1 cm³/mol. The van der Waals surface area contributed by atoms with Gasteiger partial charge in [-0.15, -0.1) is 0 Å². The number of methoxy groups -OCH3 is 2. The van der Waals surface area contributed by atoms with Crippen LogP contribution < -0.4 is 14.8 Å². The number of nitrogens with one attached hydrogen (secondary N) is 1. The lowest BCUT2D eigenvalue weighted by Gasteiger charge is -2.09. The van der Waals surface area contributed by atoms with E-state index in [-0.39, 0.29) is 12.3 Å². The molecular formula is C14H16N2O4. The Morgan fingerprint density at radius 3 is 2.70 bits per heavy atom. The summed E-state index contributed by atoms with van der Waals surface area (Å²) < 4.78 is 15.2. The lowest BCUT2D eigenvalue weighted by atomic mass is 10.1. The third-order valence-corrected chi connectivity index (χ3v) is 2.74. The molecule has 0 aliphatic carbocycles. The Kier molecular flexibility index (Phi) is 4.24. The van der Waals surface area contributed by atoms with Crippen molar-refractivity contribution in [2.45, 2.75) is 13.3 Å². The van der Waals surface area contributed by atoms with Crippen LogP contribution in [-0.4, -0.2) is 25.3 Å². The Bertz CT molecular complexity index is 607. The number of carbonyl (C=O) groups is 1. The second kappa shape index (κ2) is 6.10. The van der Waals surface area contributed by atoms with Gasteiger partial charge in [0, 0.05) is 17.7 Å². The van der Waals surface area contributed by atoms with Gasteiger partial charge < -0.3 is 19.3 Å². The minimum atomic E-state index is -0.193. The van der Waals surface area contributed by atoms with Crippen LogP contribution in [0.15, 0.2) is 28.8 Å². The zero-order valence-corrected chi connectivity index (χ0v) is 11.6. The van der Waals surface area contributed by atoms with Crippen molar-refractivity contribution in [2.75, 3.05) is 19.5 Å². The number of nitrogens with zero attached hydrogens (tertiary/aromatic N) is 1. The van der Waals surface area contributed by atoms with Crippen molar-refractivity contribution in [2.24, 2.45) is 0 Å². The first-order chi connectivity index (χ1) is 9.62. The summed E-state index contributed by atoms with van der Waals surface area (Å²) in [5.74, 6) is 2.14. The fourth-order valence-electron chi connectivity index (χ4n) is 1.78. The van der Waals surface area contributed by atoms with Crippen LogP contribution in [0.3, 0.4) is 0 Å². The van der Waals surface area contributed by atoms with Gasteiger partial charge in [0.15, 0.2) is 5.82 Å². The molecule has 1 aromatic heterocycles. The summed E-state index contributed by atoms with van der Waals surface area (Å²) in [5.41, 5.74) is 0.769. The molecule has 106 valence electrons. The molecule has 0 aliphatic heterocycles. The SMILES string of the molecule is COc1ccc(CC(=O)Nc2cc(C)on2)c(OC)c1. The van der Waals surface area contributed by atoms with E-state index in [0.717, 1.165) is 5.56 Å². The van der Waals surface area contributed by atoms with Crippen LogP contribution in [0.25, 0.3) is 0 Å². The molecule has 1 heterocycles. The number of rotatable bonds is 5. The van der Waals surface area contributed by atoms with E-state index in [4.69, 9.17) is 14.0 Å². The van der Waals surface area contributed by atoms with Gasteiger partial charge in [-0.1, -0.05) is 11.2 Å². The quantitative estimate of drug-likeness (QED) is 0.906. The molecule has 0 spiro atoms. The van der Waals surface area contributed by atoms with Crippen LogP contribution in [0.4, 0.5) is 5.82 Å². The van der Waals surface area contributed by atoms with Crippen LogP contribution in [0.2, 0.25) is 0 Å². The lowest BCUT2D eigenvalue weighted by Crippen LogP contribution is -2.15. The van der Waals surface area contributed by atoms with E-state index in [0.29, 0.717) is 23.1 Å². The van der Waals surface area contributed by atoms with E-state index in [9.17, 15) is 4.79 Å². The first kappa shape index (κ1) is 13.9. The van der Waals surface area contributed by atoms with E-state index in [1.165, 1.54) is 0 Å². The maximum absolute atomic E-state index is 11.9. The number of benzene rings is 1. The molecule has 0 unspecified atom stereocenters. The van der Waals surface area contributed by atoms with Gasteiger partial charge in [0.1, 0.15) is 17.3 Å². The fraction of sp³-hybridized carbons (Fsp3) is 0.286. The Morgan fingerprint density at radius 2 is 2.10 bits per heavy atom. The average Bonchev–Trinajstić information content (AvgIpc) is 2.84. The highest BCUT2D eigenvalue weighted by Crippen LogP contribution is 2.25. The standard InChI is InChI=1S/C14H16N2O4/c1-9-6-13(16-20-9)15-14(17)7-10-4-5-11(18-2)8-12(10)19-3/h4-6,8H,7H2,1-3H3,(H,15,16,17). The highest BCUT2D eigenvalue weighted by atomic mass is 16.5. The number of aryl methyl sites for hydroxylation is 1. The molecule has 0 atom stereocenters. The van der Waals surface area contributed by atoms with Crippen molar-refractivity contribution in [3.63, 3.8) is 0 Å². The van der Waals surface area contributed by atoms with Gasteiger partial charge in [-0.25, -0.2) is 0 Å². The zero-order chi connectivity index (χ0) is 14.5. The number of ether oxygens (including phenoxy) is 2. The molecule has 0 saturated heterocycles. The highest BCUT2D eigenvalue weighted by molar-refractivity contribution is 5.91. The Morgan fingerprint density at radius 1 is 1.30 bits per heavy atom. The zero-order valence-electron chi connectivity index (χ0n) is 11.6. The smallest absolute Gasteiger partial charge is 0.230 e. The number of hydrogen-bond donors (Lipinski definition) is 1. The molecule has 6 heteroatoms. The largest absolute Gasteiger partial charge is 0.497 e. The third-order valence-electron chi connectivity index (χ3n) is 2.74. The summed E-state index contributed by atoms with van der Waals surface area (Å²) in [6, 6.07) is 6.97. The van der Waals surface area contributed by atoms with Crippen molar-refractivity contribution in [1.29, 1.82) is 0 Å². The minimum Gasteiger partial charge on any atom is -0.497 e. The fourth-order valence-corrected chi connectivity index (χ4v) is 1.78. The number of hydrogen-bond acceptors (Lipinski definition) is 5. The molecule has 2 rings (SSSR count). The number of amides is 1. The van der Waals surface area contributed by atoms with E-state index in [2.05, 4.69) is 10.5 Å². The van der Waals surface area contributed by atoms with E-state index < -0.39 is 0 Å². The molecule has 2 aromatic rings.